The Balaban J connectivity index is 3.97. The minimum atomic E-state index is -1.63. The molecule has 9 heteroatoms. The molecule has 0 aliphatic rings. The molecule has 0 bridgehead atoms. The Hall–Kier alpha value is -3.01. The third-order valence-corrected chi connectivity index (χ3v) is 17.3. The minimum Gasteiger partial charge on any atom is -0.545 e. The molecule has 2 unspecified atom stereocenters. The standard InChI is InChI=1S/C80H147NO8/c1-6-8-10-12-14-16-18-20-22-24-26-28-30-32-33-34-35-36-37-38-39-40-41-42-43-44-45-47-48-50-52-54-56-58-60-62-64-66-68-70-77(82)87-74-76(75-88-80(79(84)85)86-73-72-81(3,4)5)89-78(83)71-69-67-65-63-61-59-57-55-53-51-49-46-31-29-27-25-23-21-19-17-15-13-11-9-7-2/h9,11,15,17,21,23,27,29,46,49,76,80H,6-8,10,12-14,16,18-20,22,24-26,28,30-45,47-48,50-75H2,1-5H3/b11-9-,17-15-,23-21-,29-27-,49-46-. The van der Waals surface area contributed by atoms with E-state index < -0.39 is 24.3 Å². The van der Waals surface area contributed by atoms with Gasteiger partial charge in [0.15, 0.2) is 12.4 Å². The molecular weight excluding hydrogens is 1100 g/mol. The van der Waals surface area contributed by atoms with Gasteiger partial charge in [-0.1, -0.05) is 364 Å². The summed E-state index contributed by atoms with van der Waals surface area (Å²) in [5.41, 5.74) is 0. The van der Waals surface area contributed by atoms with E-state index in [9.17, 15) is 19.5 Å². The molecule has 0 fully saturated rings. The van der Waals surface area contributed by atoms with Gasteiger partial charge in [0.2, 0.25) is 0 Å². The molecule has 2 atom stereocenters. The minimum absolute atomic E-state index is 0.146. The number of likely N-dealkylation sites (N-methyl/N-ethyl adjacent to an activating group) is 1. The molecule has 89 heavy (non-hydrogen) atoms. The van der Waals surface area contributed by atoms with Crippen molar-refractivity contribution in [2.24, 2.45) is 0 Å². The Bertz CT molecular complexity index is 1650. The van der Waals surface area contributed by atoms with Crippen molar-refractivity contribution >= 4 is 17.9 Å². The molecule has 0 radical (unpaired) electrons. The van der Waals surface area contributed by atoms with E-state index in [1.165, 1.54) is 263 Å². The van der Waals surface area contributed by atoms with Gasteiger partial charge >= 0.3 is 11.9 Å². The van der Waals surface area contributed by atoms with Crippen LogP contribution < -0.4 is 5.11 Å². The highest BCUT2D eigenvalue weighted by Gasteiger charge is 2.22. The summed E-state index contributed by atoms with van der Waals surface area (Å²) in [6.07, 6.45) is 90.6. The lowest BCUT2D eigenvalue weighted by atomic mass is 10.0. The van der Waals surface area contributed by atoms with Crippen molar-refractivity contribution in [1.29, 1.82) is 0 Å². The zero-order chi connectivity index (χ0) is 64.7. The highest BCUT2D eigenvalue weighted by molar-refractivity contribution is 5.70. The highest BCUT2D eigenvalue weighted by atomic mass is 16.7. The second-order valence-electron chi connectivity index (χ2n) is 27.3. The molecule has 0 rings (SSSR count). The van der Waals surface area contributed by atoms with Gasteiger partial charge in [-0.05, 0) is 57.8 Å². The van der Waals surface area contributed by atoms with E-state index in [0.717, 1.165) is 77.0 Å². The maximum atomic E-state index is 12.9. The molecule has 9 nitrogen and oxygen atoms in total. The van der Waals surface area contributed by atoms with Gasteiger partial charge in [-0.25, -0.2) is 0 Å². The summed E-state index contributed by atoms with van der Waals surface area (Å²) >= 11 is 0. The molecule has 0 saturated carbocycles. The smallest absolute Gasteiger partial charge is 0.306 e. The molecule has 0 aromatic carbocycles. The second kappa shape index (κ2) is 70.9. The number of quaternary nitrogens is 1. The first-order valence-electron chi connectivity index (χ1n) is 38.4. The van der Waals surface area contributed by atoms with Gasteiger partial charge in [0.05, 0.1) is 40.3 Å². The van der Waals surface area contributed by atoms with Crippen LogP contribution in [0.15, 0.2) is 60.8 Å². The number of esters is 2. The van der Waals surface area contributed by atoms with Crippen molar-refractivity contribution in [2.75, 3.05) is 47.5 Å². The normalized spacial score (nSPS) is 13.0. The van der Waals surface area contributed by atoms with E-state index in [1.807, 2.05) is 21.1 Å². The van der Waals surface area contributed by atoms with Crippen LogP contribution in [-0.4, -0.2) is 82.3 Å². The molecule has 0 aliphatic heterocycles. The number of aliphatic carboxylic acids is 1. The maximum absolute atomic E-state index is 12.9. The van der Waals surface area contributed by atoms with E-state index in [2.05, 4.69) is 74.6 Å². The van der Waals surface area contributed by atoms with Crippen LogP contribution in [0, 0.1) is 0 Å². The zero-order valence-electron chi connectivity index (χ0n) is 59.6. The van der Waals surface area contributed by atoms with Crippen molar-refractivity contribution in [3.05, 3.63) is 60.8 Å². The average Bonchev–Trinajstić information content (AvgIpc) is 3.64. The van der Waals surface area contributed by atoms with Crippen molar-refractivity contribution in [1.82, 2.24) is 0 Å². The molecule has 0 aromatic heterocycles. The lowest BCUT2D eigenvalue weighted by Gasteiger charge is -2.26. The van der Waals surface area contributed by atoms with Crippen LogP contribution in [0.1, 0.15) is 373 Å². The fraction of sp³-hybridized carbons (Fsp3) is 0.838. The number of carboxylic acid groups (broad SMARTS) is 1. The predicted molar refractivity (Wildman–Crippen MR) is 380 cm³/mol. The summed E-state index contributed by atoms with van der Waals surface area (Å²) in [6.45, 7) is 4.68. The largest absolute Gasteiger partial charge is 0.545 e. The molecular formula is C80H147NO8. The molecule has 520 valence electrons. The van der Waals surface area contributed by atoms with Crippen LogP contribution >= 0.6 is 0 Å². The first kappa shape index (κ1) is 86.0. The van der Waals surface area contributed by atoms with Crippen LogP contribution in [0.3, 0.4) is 0 Å². The van der Waals surface area contributed by atoms with E-state index in [4.69, 9.17) is 18.9 Å². The average molecular weight is 1250 g/mol. The number of hydrogen-bond donors (Lipinski definition) is 0. The van der Waals surface area contributed by atoms with Crippen LogP contribution in [0.4, 0.5) is 0 Å². The first-order valence-corrected chi connectivity index (χ1v) is 38.4. The molecule has 0 spiro atoms. The monoisotopic (exact) mass is 1250 g/mol. The van der Waals surface area contributed by atoms with Crippen LogP contribution in [0.2, 0.25) is 0 Å². The Labute approximate surface area is 552 Å². The topological polar surface area (TPSA) is 111 Å². The van der Waals surface area contributed by atoms with E-state index in [1.54, 1.807) is 0 Å². The fourth-order valence-corrected chi connectivity index (χ4v) is 11.5. The van der Waals surface area contributed by atoms with Crippen LogP contribution in [0.5, 0.6) is 0 Å². The zero-order valence-corrected chi connectivity index (χ0v) is 59.6. The number of nitrogens with zero attached hydrogens (tertiary/aromatic N) is 1. The van der Waals surface area contributed by atoms with Crippen molar-refractivity contribution in [3.63, 3.8) is 0 Å². The third-order valence-electron chi connectivity index (χ3n) is 17.3. The van der Waals surface area contributed by atoms with Gasteiger partial charge in [-0.3, -0.25) is 9.59 Å². The SMILES string of the molecule is CC/C=C\C/C=C\C/C=C\C/C=C\C/C=C\CCCCCCCCCCCC(=O)OC(COC(=O)CCCCCCCCCCCCCCCCCCCCCCCCCCCCCCCCCCCCCCCCC)COC(OCC[N+](C)(C)C)C(=O)[O-]. The van der Waals surface area contributed by atoms with Gasteiger partial charge in [0.25, 0.3) is 0 Å². The molecule has 0 heterocycles. The van der Waals surface area contributed by atoms with E-state index in [0.29, 0.717) is 23.9 Å². The number of carboxylic acids is 1. The van der Waals surface area contributed by atoms with Crippen LogP contribution in [0.25, 0.3) is 0 Å². The Kier molecular flexibility index (Phi) is 68.5. The highest BCUT2D eigenvalue weighted by Crippen LogP contribution is 2.19. The summed E-state index contributed by atoms with van der Waals surface area (Å²) < 4.78 is 22.8. The Morgan fingerprint density at radius 1 is 0.348 bits per heavy atom. The number of carbonyl (C=O) groups excluding carboxylic acids is 3. The fourth-order valence-electron chi connectivity index (χ4n) is 11.5. The number of carbonyl (C=O) groups is 3. The van der Waals surface area contributed by atoms with Gasteiger partial charge in [0, 0.05) is 12.8 Å². The van der Waals surface area contributed by atoms with Gasteiger partial charge in [0.1, 0.15) is 13.2 Å². The van der Waals surface area contributed by atoms with Crippen molar-refractivity contribution in [3.8, 4) is 0 Å². The second-order valence-corrected chi connectivity index (χ2v) is 27.3. The number of unbranched alkanes of at least 4 members (excludes halogenated alkanes) is 47. The van der Waals surface area contributed by atoms with Crippen molar-refractivity contribution in [2.45, 2.75) is 386 Å². The van der Waals surface area contributed by atoms with Gasteiger partial charge in [-0.2, -0.15) is 0 Å². The number of allylic oxidation sites excluding steroid dienone is 10. The Morgan fingerprint density at radius 3 is 0.955 bits per heavy atom. The number of ether oxygens (including phenoxy) is 4. The third kappa shape index (κ3) is 72.3. The number of rotatable bonds is 72. The lowest BCUT2D eigenvalue weighted by molar-refractivity contribution is -0.870. The molecule has 0 aliphatic carbocycles. The number of hydrogen-bond acceptors (Lipinski definition) is 8. The molecule has 0 aromatic rings. The summed E-state index contributed by atoms with van der Waals surface area (Å²) in [7, 11) is 5.94. The molecule has 0 saturated heterocycles. The molecule has 0 amide bonds. The quantitative estimate of drug-likeness (QED) is 0.0195. The van der Waals surface area contributed by atoms with Crippen molar-refractivity contribution < 1.29 is 42.9 Å². The lowest BCUT2D eigenvalue weighted by Crippen LogP contribution is -2.44. The Morgan fingerprint density at radius 2 is 0.640 bits per heavy atom. The molecule has 0 N–H and O–H groups in total. The summed E-state index contributed by atoms with van der Waals surface area (Å²) in [5.74, 6) is -2.27. The summed E-state index contributed by atoms with van der Waals surface area (Å²) in [4.78, 5) is 37.5. The van der Waals surface area contributed by atoms with Gasteiger partial charge in [-0.15, -0.1) is 0 Å². The van der Waals surface area contributed by atoms with Gasteiger partial charge < -0.3 is 33.3 Å². The first-order chi connectivity index (χ1) is 43.6. The maximum Gasteiger partial charge on any atom is 0.306 e. The summed E-state index contributed by atoms with van der Waals surface area (Å²) in [6, 6.07) is 0. The predicted octanol–water partition coefficient (Wildman–Crippen LogP) is 22.9. The summed E-state index contributed by atoms with van der Waals surface area (Å²) in [5, 5.41) is 11.8. The van der Waals surface area contributed by atoms with E-state index >= 15 is 0 Å². The van der Waals surface area contributed by atoms with E-state index in [-0.39, 0.29) is 32.2 Å². The van der Waals surface area contributed by atoms with Crippen LogP contribution in [-0.2, 0) is 33.3 Å².